The fraction of sp³-hybridized carbons (Fsp3) is 0.500. The van der Waals surface area contributed by atoms with Gasteiger partial charge in [-0.15, -0.1) is 22.9 Å². The highest BCUT2D eigenvalue weighted by Crippen LogP contribution is 2.30. The Kier molecular flexibility index (Phi) is 4.20. The predicted octanol–water partition coefficient (Wildman–Crippen LogP) is 2.08. The monoisotopic (exact) mass is 342 g/mol. The lowest BCUT2D eigenvalue weighted by molar-refractivity contribution is -0.0590. The first kappa shape index (κ1) is 15.5. The van der Waals surface area contributed by atoms with Crippen molar-refractivity contribution in [2.75, 3.05) is 13.7 Å². The Morgan fingerprint density at radius 3 is 2.86 bits per heavy atom. The third-order valence-corrected chi connectivity index (χ3v) is 5.33. The minimum absolute atomic E-state index is 0.0958. The first-order chi connectivity index (χ1) is 10.6. The van der Waals surface area contributed by atoms with E-state index in [-0.39, 0.29) is 17.5 Å². The minimum Gasteiger partial charge on any atom is -0.465 e. The van der Waals surface area contributed by atoms with Crippen molar-refractivity contribution in [1.82, 2.24) is 9.55 Å². The molecule has 3 heterocycles. The van der Waals surface area contributed by atoms with Crippen molar-refractivity contribution in [2.24, 2.45) is 0 Å². The second kappa shape index (κ2) is 5.98. The number of ether oxygens (including phenoxy) is 2. The number of thiophene rings is 1. The van der Waals surface area contributed by atoms with Gasteiger partial charge in [-0.05, 0) is 18.9 Å². The summed E-state index contributed by atoms with van der Waals surface area (Å²) in [6, 6.07) is 0. The van der Waals surface area contributed by atoms with Crippen LogP contribution in [0.1, 0.15) is 27.5 Å². The summed E-state index contributed by atoms with van der Waals surface area (Å²) >= 11 is 7.17. The summed E-state index contributed by atoms with van der Waals surface area (Å²) in [5.41, 5.74) is 0.245. The van der Waals surface area contributed by atoms with E-state index >= 15 is 0 Å². The van der Waals surface area contributed by atoms with E-state index in [4.69, 9.17) is 21.1 Å². The van der Waals surface area contributed by atoms with Crippen LogP contribution in [0.4, 0.5) is 0 Å². The van der Waals surface area contributed by atoms with E-state index in [2.05, 4.69) is 4.98 Å². The topological polar surface area (TPSA) is 70.4 Å². The average Bonchev–Trinajstić information content (AvgIpc) is 2.81. The maximum atomic E-state index is 12.3. The predicted molar refractivity (Wildman–Crippen MR) is 83.9 cm³/mol. The Bertz CT molecular complexity index is 794. The van der Waals surface area contributed by atoms with Crippen LogP contribution in [-0.4, -0.2) is 35.3 Å². The van der Waals surface area contributed by atoms with E-state index in [1.54, 1.807) is 6.92 Å². The minimum atomic E-state index is -0.447. The third kappa shape index (κ3) is 2.43. The Morgan fingerprint density at radius 2 is 2.32 bits per heavy atom. The standard InChI is InChI=1S/C14H15ClN2O4S/c1-7-10-12(18)16-9(5-15)17(6-8-3-4-21-8)13(10)22-11(7)14(19)20-2/h8H,3-6H2,1-2H3. The van der Waals surface area contributed by atoms with Crippen molar-refractivity contribution in [3.05, 3.63) is 26.6 Å². The molecule has 1 atom stereocenters. The quantitative estimate of drug-likeness (QED) is 0.628. The zero-order valence-corrected chi connectivity index (χ0v) is 13.8. The number of aryl methyl sites for hydroxylation is 1. The van der Waals surface area contributed by atoms with Crippen LogP contribution in [0.5, 0.6) is 0 Å². The van der Waals surface area contributed by atoms with Crippen LogP contribution in [-0.2, 0) is 21.9 Å². The summed E-state index contributed by atoms with van der Waals surface area (Å²) in [6.45, 7) is 3.06. The molecule has 0 N–H and O–H groups in total. The van der Waals surface area contributed by atoms with E-state index in [0.717, 1.165) is 13.0 Å². The van der Waals surface area contributed by atoms with E-state index in [1.807, 2.05) is 4.57 Å². The Morgan fingerprint density at radius 1 is 1.59 bits per heavy atom. The Labute approximate surface area is 135 Å². The van der Waals surface area contributed by atoms with Crippen molar-refractivity contribution < 1.29 is 14.3 Å². The molecule has 0 spiro atoms. The number of hydrogen-bond donors (Lipinski definition) is 0. The largest absolute Gasteiger partial charge is 0.465 e. The van der Waals surface area contributed by atoms with E-state index in [0.29, 0.717) is 33.0 Å². The van der Waals surface area contributed by atoms with Crippen LogP contribution in [0.3, 0.4) is 0 Å². The van der Waals surface area contributed by atoms with Gasteiger partial charge in [0, 0.05) is 6.61 Å². The molecular formula is C14H15ClN2O4S. The van der Waals surface area contributed by atoms with Gasteiger partial charge < -0.3 is 14.0 Å². The number of carbonyl (C=O) groups is 1. The molecule has 1 aliphatic heterocycles. The molecule has 2 aromatic heterocycles. The van der Waals surface area contributed by atoms with Crippen molar-refractivity contribution in [2.45, 2.75) is 31.9 Å². The number of esters is 1. The highest BCUT2D eigenvalue weighted by Gasteiger charge is 2.25. The lowest BCUT2D eigenvalue weighted by Gasteiger charge is -2.28. The fourth-order valence-electron chi connectivity index (χ4n) is 2.50. The van der Waals surface area contributed by atoms with Crippen LogP contribution >= 0.6 is 22.9 Å². The molecule has 0 radical (unpaired) electrons. The number of halogens is 1. The maximum absolute atomic E-state index is 12.3. The van der Waals surface area contributed by atoms with E-state index < -0.39 is 5.97 Å². The van der Waals surface area contributed by atoms with Gasteiger partial charge in [0.2, 0.25) is 0 Å². The smallest absolute Gasteiger partial charge is 0.348 e. The SMILES string of the molecule is COC(=O)c1sc2c(c1C)c(=O)nc(CCl)n2CC1CCO1. The van der Waals surface area contributed by atoms with Gasteiger partial charge in [-0.3, -0.25) is 4.79 Å². The van der Waals surface area contributed by atoms with Crippen LogP contribution in [0.25, 0.3) is 10.2 Å². The fourth-order valence-corrected chi connectivity index (χ4v) is 3.95. The molecule has 0 aliphatic carbocycles. The summed E-state index contributed by atoms with van der Waals surface area (Å²) < 4.78 is 12.1. The summed E-state index contributed by atoms with van der Waals surface area (Å²) in [4.78, 5) is 29.3. The van der Waals surface area contributed by atoms with Crippen molar-refractivity contribution in [1.29, 1.82) is 0 Å². The molecule has 0 bridgehead atoms. The van der Waals surface area contributed by atoms with E-state index in [1.165, 1.54) is 18.4 Å². The zero-order chi connectivity index (χ0) is 15.9. The summed E-state index contributed by atoms with van der Waals surface area (Å²) in [7, 11) is 1.32. The Hall–Kier alpha value is -1.44. The number of alkyl halides is 1. The zero-order valence-electron chi connectivity index (χ0n) is 12.2. The second-order valence-corrected chi connectivity index (χ2v) is 6.35. The molecule has 0 saturated carbocycles. The number of rotatable bonds is 4. The van der Waals surface area contributed by atoms with Crippen LogP contribution in [0, 0.1) is 6.92 Å². The van der Waals surface area contributed by atoms with Gasteiger partial charge in [0.15, 0.2) is 0 Å². The summed E-state index contributed by atoms with van der Waals surface area (Å²) in [5, 5.41) is 0.457. The number of fused-ring (bicyclic) bond motifs is 1. The van der Waals surface area contributed by atoms with Gasteiger partial charge in [0.1, 0.15) is 15.5 Å². The number of nitrogens with zero attached hydrogens (tertiary/aromatic N) is 2. The molecule has 1 unspecified atom stereocenters. The van der Waals surface area contributed by atoms with Gasteiger partial charge in [-0.1, -0.05) is 0 Å². The first-order valence-corrected chi connectivity index (χ1v) is 8.20. The summed E-state index contributed by atoms with van der Waals surface area (Å²) in [5.74, 6) is 0.173. The highest BCUT2D eigenvalue weighted by atomic mass is 35.5. The van der Waals surface area contributed by atoms with E-state index in [9.17, 15) is 9.59 Å². The van der Waals surface area contributed by atoms with Crippen LogP contribution in [0.2, 0.25) is 0 Å². The molecule has 0 aromatic carbocycles. The van der Waals surface area contributed by atoms with Gasteiger partial charge in [-0.2, -0.15) is 4.98 Å². The molecule has 22 heavy (non-hydrogen) atoms. The van der Waals surface area contributed by atoms with Gasteiger partial charge in [0.05, 0.1) is 31.0 Å². The number of methoxy groups -OCH3 is 1. The first-order valence-electron chi connectivity index (χ1n) is 6.85. The molecule has 2 aromatic rings. The molecule has 1 fully saturated rings. The number of hydrogen-bond acceptors (Lipinski definition) is 6. The lowest BCUT2D eigenvalue weighted by Crippen LogP contribution is -2.33. The highest BCUT2D eigenvalue weighted by molar-refractivity contribution is 7.20. The van der Waals surface area contributed by atoms with Gasteiger partial charge in [0.25, 0.3) is 5.56 Å². The average molecular weight is 343 g/mol. The van der Waals surface area contributed by atoms with Crippen LogP contribution in [0.15, 0.2) is 4.79 Å². The lowest BCUT2D eigenvalue weighted by atomic mass is 10.2. The molecular weight excluding hydrogens is 328 g/mol. The molecule has 1 saturated heterocycles. The number of carbonyl (C=O) groups excluding carboxylic acids is 1. The van der Waals surface area contributed by atoms with Crippen molar-refractivity contribution in [3.63, 3.8) is 0 Å². The third-order valence-electron chi connectivity index (χ3n) is 3.80. The van der Waals surface area contributed by atoms with Crippen molar-refractivity contribution >= 4 is 39.1 Å². The number of aromatic nitrogens is 2. The molecule has 8 heteroatoms. The molecule has 3 rings (SSSR count). The normalized spacial score (nSPS) is 17.5. The van der Waals surface area contributed by atoms with Crippen LogP contribution < -0.4 is 5.56 Å². The van der Waals surface area contributed by atoms with Gasteiger partial charge >= 0.3 is 5.97 Å². The van der Waals surface area contributed by atoms with Gasteiger partial charge in [-0.25, -0.2) is 4.79 Å². The summed E-state index contributed by atoms with van der Waals surface area (Å²) in [6.07, 6.45) is 1.06. The molecule has 1 aliphatic rings. The van der Waals surface area contributed by atoms with Crippen molar-refractivity contribution in [3.8, 4) is 0 Å². The molecule has 0 amide bonds. The Balaban J connectivity index is 2.23. The maximum Gasteiger partial charge on any atom is 0.348 e. The molecule has 6 nitrogen and oxygen atoms in total. The molecule has 118 valence electrons. The second-order valence-electron chi connectivity index (χ2n) is 5.09.